The first-order valence-electron chi connectivity index (χ1n) is 5.37. The Labute approximate surface area is 104 Å². The molecule has 0 saturated heterocycles. The van der Waals surface area contributed by atoms with Gasteiger partial charge in [-0.25, -0.2) is 4.79 Å². The maximum absolute atomic E-state index is 11.5. The van der Waals surface area contributed by atoms with Crippen molar-refractivity contribution in [2.75, 3.05) is 5.06 Å². The van der Waals surface area contributed by atoms with Crippen LogP contribution in [-0.4, -0.2) is 16.3 Å². The molecular formula is C13H12N2O3. The second-order valence-corrected chi connectivity index (χ2v) is 3.56. The van der Waals surface area contributed by atoms with Crippen molar-refractivity contribution in [1.29, 1.82) is 0 Å². The van der Waals surface area contributed by atoms with Crippen molar-refractivity contribution in [3.05, 3.63) is 60.4 Å². The lowest BCUT2D eigenvalue weighted by molar-refractivity contribution is 0.115. The minimum atomic E-state index is -0.841. The van der Waals surface area contributed by atoms with Gasteiger partial charge in [0.2, 0.25) is 0 Å². The second kappa shape index (κ2) is 5.79. The Morgan fingerprint density at radius 1 is 1.22 bits per heavy atom. The standard InChI is InChI=1S/C13H12N2O3/c16-13(15(17)12-7-4-8-14-9-12)18-10-11-5-2-1-3-6-11/h1-9,17H,10H2. The van der Waals surface area contributed by atoms with Gasteiger partial charge in [-0.15, -0.1) is 0 Å². The molecule has 1 heterocycles. The molecule has 0 atom stereocenters. The summed E-state index contributed by atoms with van der Waals surface area (Å²) in [4.78, 5) is 15.3. The summed E-state index contributed by atoms with van der Waals surface area (Å²) in [6.45, 7) is 0.108. The van der Waals surface area contributed by atoms with Crippen LogP contribution in [0.25, 0.3) is 0 Å². The molecule has 1 aromatic heterocycles. The van der Waals surface area contributed by atoms with Gasteiger partial charge in [-0.1, -0.05) is 30.3 Å². The zero-order valence-corrected chi connectivity index (χ0v) is 9.56. The third-order valence-electron chi connectivity index (χ3n) is 2.27. The minimum Gasteiger partial charge on any atom is -0.443 e. The Morgan fingerprint density at radius 2 is 2.00 bits per heavy atom. The van der Waals surface area contributed by atoms with E-state index in [9.17, 15) is 10.0 Å². The van der Waals surface area contributed by atoms with E-state index in [1.54, 1.807) is 18.3 Å². The molecule has 5 heteroatoms. The predicted octanol–water partition coefficient (Wildman–Crippen LogP) is 2.61. The maximum atomic E-state index is 11.5. The number of anilines is 1. The summed E-state index contributed by atoms with van der Waals surface area (Å²) < 4.78 is 4.95. The quantitative estimate of drug-likeness (QED) is 0.666. The van der Waals surface area contributed by atoms with Crippen LogP contribution in [-0.2, 0) is 11.3 Å². The number of amides is 1. The molecule has 0 unspecified atom stereocenters. The number of benzene rings is 1. The summed E-state index contributed by atoms with van der Waals surface area (Å²) in [5.41, 5.74) is 1.11. The highest BCUT2D eigenvalue weighted by Gasteiger charge is 2.14. The number of carbonyl (C=O) groups excluding carboxylic acids is 1. The van der Waals surface area contributed by atoms with Gasteiger partial charge in [0.15, 0.2) is 0 Å². The average Bonchev–Trinajstić information content (AvgIpc) is 2.46. The molecule has 2 rings (SSSR count). The molecule has 0 fully saturated rings. The number of hydroxylamine groups is 1. The van der Waals surface area contributed by atoms with Gasteiger partial charge in [0.05, 0.1) is 11.9 Å². The first-order chi connectivity index (χ1) is 8.77. The van der Waals surface area contributed by atoms with Crippen LogP contribution in [0.1, 0.15) is 5.56 Å². The minimum absolute atomic E-state index is 0.108. The fraction of sp³-hybridized carbons (Fsp3) is 0.0769. The first-order valence-corrected chi connectivity index (χ1v) is 5.37. The smallest absolute Gasteiger partial charge is 0.439 e. The SMILES string of the molecule is O=C(OCc1ccccc1)N(O)c1cccnc1. The van der Waals surface area contributed by atoms with Crippen molar-refractivity contribution in [3.8, 4) is 0 Å². The highest BCUT2D eigenvalue weighted by atomic mass is 16.6. The molecule has 0 spiro atoms. The van der Waals surface area contributed by atoms with Crippen LogP contribution in [0.4, 0.5) is 10.5 Å². The third-order valence-corrected chi connectivity index (χ3v) is 2.27. The van der Waals surface area contributed by atoms with Gasteiger partial charge < -0.3 is 4.74 Å². The third kappa shape index (κ3) is 3.05. The van der Waals surface area contributed by atoms with E-state index in [0.29, 0.717) is 5.06 Å². The highest BCUT2D eigenvalue weighted by molar-refractivity contribution is 5.84. The summed E-state index contributed by atoms with van der Waals surface area (Å²) in [5, 5.41) is 10.0. The van der Waals surface area contributed by atoms with E-state index in [4.69, 9.17) is 4.74 Å². The summed E-state index contributed by atoms with van der Waals surface area (Å²) in [6, 6.07) is 12.4. The molecule has 0 aliphatic carbocycles. The van der Waals surface area contributed by atoms with Crippen LogP contribution in [0, 0.1) is 0 Å². The van der Waals surface area contributed by atoms with Gasteiger partial charge in [-0.3, -0.25) is 10.2 Å². The molecule has 0 saturated carbocycles. The van der Waals surface area contributed by atoms with Crippen LogP contribution in [0.15, 0.2) is 54.9 Å². The molecular weight excluding hydrogens is 232 g/mol. The number of carbonyl (C=O) groups is 1. The van der Waals surface area contributed by atoms with Crippen LogP contribution in [0.5, 0.6) is 0 Å². The fourth-order valence-electron chi connectivity index (χ4n) is 1.36. The van der Waals surface area contributed by atoms with E-state index in [2.05, 4.69) is 4.98 Å². The van der Waals surface area contributed by atoms with Crippen molar-refractivity contribution in [2.24, 2.45) is 0 Å². The van der Waals surface area contributed by atoms with Gasteiger partial charge in [0, 0.05) is 6.20 Å². The number of aromatic nitrogens is 1. The van der Waals surface area contributed by atoms with E-state index in [1.807, 2.05) is 30.3 Å². The lowest BCUT2D eigenvalue weighted by Gasteiger charge is -2.14. The lowest BCUT2D eigenvalue weighted by atomic mass is 10.2. The van der Waals surface area contributed by atoms with Gasteiger partial charge >= 0.3 is 6.09 Å². The Kier molecular flexibility index (Phi) is 3.88. The van der Waals surface area contributed by atoms with E-state index >= 15 is 0 Å². The monoisotopic (exact) mass is 244 g/mol. The number of ether oxygens (including phenoxy) is 1. The number of rotatable bonds is 3. The van der Waals surface area contributed by atoms with Crippen molar-refractivity contribution in [2.45, 2.75) is 6.61 Å². The Hall–Kier alpha value is -2.40. The molecule has 5 nitrogen and oxygen atoms in total. The zero-order chi connectivity index (χ0) is 12.8. The van der Waals surface area contributed by atoms with Gasteiger partial charge in [-0.2, -0.15) is 5.06 Å². The normalized spacial score (nSPS) is 9.83. The lowest BCUT2D eigenvalue weighted by Crippen LogP contribution is -2.27. The molecule has 92 valence electrons. The van der Waals surface area contributed by atoms with Crippen LogP contribution < -0.4 is 5.06 Å². The predicted molar refractivity (Wildman–Crippen MR) is 65.1 cm³/mol. The van der Waals surface area contributed by atoms with Crippen molar-refractivity contribution in [3.63, 3.8) is 0 Å². The van der Waals surface area contributed by atoms with Gasteiger partial charge in [0.25, 0.3) is 0 Å². The molecule has 1 N–H and O–H groups in total. The zero-order valence-electron chi connectivity index (χ0n) is 9.56. The summed E-state index contributed by atoms with van der Waals surface area (Å²) in [5.74, 6) is 0. The molecule has 0 aliphatic rings. The van der Waals surface area contributed by atoms with E-state index < -0.39 is 6.09 Å². The molecule has 0 bridgehead atoms. The Morgan fingerprint density at radius 3 is 2.67 bits per heavy atom. The molecule has 1 amide bonds. The van der Waals surface area contributed by atoms with Crippen LogP contribution in [0.3, 0.4) is 0 Å². The van der Waals surface area contributed by atoms with Gasteiger partial charge in [0.1, 0.15) is 6.61 Å². The molecule has 0 radical (unpaired) electrons. The first kappa shape index (κ1) is 12.1. The molecule has 1 aromatic carbocycles. The van der Waals surface area contributed by atoms with E-state index in [0.717, 1.165) is 5.56 Å². The van der Waals surface area contributed by atoms with Crippen LogP contribution in [0.2, 0.25) is 0 Å². The summed E-state index contributed by atoms with van der Waals surface area (Å²) in [6.07, 6.45) is 2.07. The van der Waals surface area contributed by atoms with Crippen molar-refractivity contribution < 1.29 is 14.7 Å². The van der Waals surface area contributed by atoms with Crippen molar-refractivity contribution in [1.82, 2.24) is 4.98 Å². The molecule has 18 heavy (non-hydrogen) atoms. The van der Waals surface area contributed by atoms with E-state index in [-0.39, 0.29) is 12.3 Å². The van der Waals surface area contributed by atoms with Gasteiger partial charge in [-0.05, 0) is 17.7 Å². The topological polar surface area (TPSA) is 62.7 Å². The summed E-state index contributed by atoms with van der Waals surface area (Å²) in [7, 11) is 0. The number of hydrogen-bond acceptors (Lipinski definition) is 4. The van der Waals surface area contributed by atoms with Crippen molar-refractivity contribution >= 4 is 11.8 Å². The largest absolute Gasteiger partial charge is 0.443 e. The number of hydrogen-bond donors (Lipinski definition) is 1. The Balaban J connectivity index is 1.93. The fourth-order valence-corrected chi connectivity index (χ4v) is 1.36. The Bertz CT molecular complexity index is 502. The van der Waals surface area contributed by atoms with Crippen LogP contribution >= 0.6 is 0 Å². The second-order valence-electron chi connectivity index (χ2n) is 3.56. The number of pyridine rings is 1. The number of nitrogens with zero attached hydrogens (tertiary/aromatic N) is 2. The van der Waals surface area contributed by atoms with E-state index in [1.165, 1.54) is 6.20 Å². The maximum Gasteiger partial charge on any atom is 0.439 e. The molecule has 0 aliphatic heterocycles. The average molecular weight is 244 g/mol. The summed E-state index contributed by atoms with van der Waals surface area (Å²) >= 11 is 0. The highest BCUT2D eigenvalue weighted by Crippen LogP contribution is 2.11. The molecule has 2 aromatic rings.